The van der Waals surface area contributed by atoms with Gasteiger partial charge in [0.05, 0.1) is 5.25 Å². The van der Waals surface area contributed by atoms with Crippen molar-refractivity contribution in [1.29, 1.82) is 0 Å². The fourth-order valence-electron chi connectivity index (χ4n) is 1.96. The molecule has 0 saturated carbocycles. The van der Waals surface area contributed by atoms with Crippen LogP contribution in [0, 0.1) is 0 Å². The number of carbonyl (C=O) groups excluding carboxylic acids is 1. The molecule has 1 amide bonds. The van der Waals surface area contributed by atoms with Crippen molar-refractivity contribution in [2.24, 2.45) is 0 Å². The molecule has 1 aromatic carbocycles. The monoisotopic (exact) mass is 328 g/mol. The molecule has 2 rings (SSSR count). The zero-order valence-corrected chi connectivity index (χ0v) is 13.7. The Morgan fingerprint density at radius 3 is 2.55 bits per heavy atom. The highest BCUT2D eigenvalue weighted by atomic mass is 35.5. The van der Waals surface area contributed by atoms with Gasteiger partial charge < -0.3 is 10.2 Å². The number of anilines is 1. The standard InChI is InChI=1S/C14H17ClN2OS2/c1-10(20-14(19)17-8-2-3-9-17)13(18)16-12-6-4-11(15)5-7-12/h4-7,10H,2-3,8-9H2,1H3,(H,16,18)/t10-/m0/s1. The molecule has 1 saturated heterocycles. The lowest BCUT2D eigenvalue weighted by atomic mass is 10.3. The maximum absolute atomic E-state index is 12.1. The number of rotatable bonds is 3. The summed E-state index contributed by atoms with van der Waals surface area (Å²) in [6.45, 7) is 3.90. The Labute approximate surface area is 134 Å². The van der Waals surface area contributed by atoms with Crippen LogP contribution >= 0.6 is 35.6 Å². The molecule has 6 heteroatoms. The predicted octanol–water partition coefficient (Wildman–Crippen LogP) is 3.78. The molecule has 1 aliphatic rings. The van der Waals surface area contributed by atoms with Gasteiger partial charge in [0.15, 0.2) is 0 Å². The van der Waals surface area contributed by atoms with Crippen LogP contribution in [0.25, 0.3) is 0 Å². The van der Waals surface area contributed by atoms with Gasteiger partial charge in [0.1, 0.15) is 4.32 Å². The van der Waals surface area contributed by atoms with Crippen molar-refractivity contribution in [2.75, 3.05) is 18.4 Å². The van der Waals surface area contributed by atoms with Crippen LogP contribution in [0.3, 0.4) is 0 Å². The molecule has 1 atom stereocenters. The van der Waals surface area contributed by atoms with Crippen LogP contribution in [0.1, 0.15) is 19.8 Å². The van der Waals surface area contributed by atoms with E-state index in [0.29, 0.717) is 5.02 Å². The Hall–Kier alpha value is -0.780. The lowest BCUT2D eigenvalue weighted by Crippen LogP contribution is -2.29. The lowest BCUT2D eigenvalue weighted by molar-refractivity contribution is -0.115. The predicted molar refractivity (Wildman–Crippen MR) is 90.5 cm³/mol. The Bertz CT molecular complexity index is 486. The molecule has 0 bridgehead atoms. The molecule has 1 aliphatic heterocycles. The SMILES string of the molecule is C[C@H](SC(=S)N1CCCC1)C(=O)Nc1ccc(Cl)cc1. The fraction of sp³-hybridized carbons (Fsp3) is 0.429. The van der Waals surface area contributed by atoms with Crippen LogP contribution < -0.4 is 5.32 Å². The van der Waals surface area contributed by atoms with Gasteiger partial charge >= 0.3 is 0 Å². The van der Waals surface area contributed by atoms with Gasteiger partial charge in [-0.3, -0.25) is 4.79 Å². The first-order valence-corrected chi connectivity index (χ1v) is 8.25. The minimum absolute atomic E-state index is 0.0427. The molecule has 1 heterocycles. The van der Waals surface area contributed by atoms with Gasteiger partial charge in [-0.15, -0.1) is 0 Å². The first-order valence-electron chi connectivity index (χ1n) is 6.58. The second-order valence-electron chi connectivity index (χ2n) is 4.72. The van der Waals surface area contributed by atoms with Gasteiger partial charge in [-0.2, -0.15) is 0 Å². The highest BCUT2D eigenvalue weighted by Crippen LogP contribution is 2.21. The van der Waals surface area contributed by atoms with E-state index in [1.165, 1.54) is 24.6 Å². The Morgan fingerprint density at radius 2 is 1.95 bits per heavy atom. The summed E-state index contributed by atoms with van der Waals surface area (Å²) in [6.07, 6.45) is 2.37. The van der Waals surface area contributed by atoms with Gasteiger partial charge in [0.25, 0.3) is 0 Å². The maximum atomic E-state index is 12.1. The number of thioether (sulfide) groups is 1. The minimum atomic E-state index is -0.209. The summed E-state index contributed by atoms with van der Waals surface area (Å²) in [6, 6.07) is 7.08. The molecular formula is C14H17ClN2OS2. The Morgan fingerprint density at radius 1 is 1.35 bits per heavy atom. The van der Waals surface area contributed by atoms with E-state index in [4.69, 9.17) is 23.8 Å². The quantitative estimate of drug-likeness (QED) is 0.856. The number of nitrogens with one attached hydrogen (secondary N) is 1. The van der Waals surface area contributed by atoms with E-state index >= 15 is 0 Å². The third-order valence-corrected chi connectivity index (χ3v) is 4.95. The van der Waals surface area contributed by atoms with Gasteiger partial charge in [-0.05, 0) is 44.0 Å². The summed E-state index contributed by atoms with van der Waals surface area (Å²) in [5.74, 6) is -0.0427. The van der Waals surface area contributed by atoms with Crippen molar-refractivity contribution >= 4 is 51.5 Å². The number of nitrogens with zero attached hydrogens (tertiary/aromatic N) is 1. The zero-order valence-electron chi connectivity index (χ0n) is 11.3. The molecule has 108 valence electrons. The topological polar surface area (TPSA) is 32.3 Å². The average molecular weight is 329 g/mol. The van der Waals surface area contributed by atoms with E-state index in [1.807, 2.05) is 6.92 Å². The van der Waals surface area contributed by atoms with Crippen molar-refractivity contribution in [1.82, 2.24) is 4.90 Å². The minimum Gasteiger partial charge on any atom is -0.358 e. The average Bonchev–Trinajstić information content (AvgIpc) is 2.95. The highest BCUT2D eigenvalue weighted by molar-refractivity contribution is 8.23. The first kappa shape index (κ1) is 15.6. The number of likely N-dealkylation sites (tertiary alicyclic amines) is 1. The number of hydrogen-bond donors (Lipinski definition) is 1. The van der Waals surface area contributed by atoms with Crippen molar-refractivity contribution in [3.8, 4) is 0 Å². The molecule has 0 spiro atoms. The third-order valence-electron chi connectivity index (χ3n) is 3.12. The number of amides is 1. The summed E-state index contributed by atoms with van der Waals surface area (Å²) < 4.78 is 0.821. The molecule has 3 nitrogen and oxygen atoms in total. The molecule has 1 fully saturated rings. The van der Waals surface area contributed by atoms with Crippen LogP contribution in [0.2, 0.25) is 5.02 Å². The van der Waals surface area contributed by atoms with Crippen LogP contribution in [0.5, 0.6) is 0 Å². The van der Waals surface area contributed by atoms with Gasteiger partial charge in [0.2, 0.25) is 5.91 Å². The van der Waals surface area contributed by atoms with Crippen molar-refractivity contribution < 1.29 is 4.79 Å². The molecule has 1 aromatic rings. The smallest absolute Gasteiger partial charge is 0.237 e. The van der Waals surface area contributed by atoms with E-state index in [9.17, 15) is 4.79 Å². The van der Waals surface area contributed by atoms with Crippen molar-refractivity contribution in [2.45, 2.75) is 25.0 Å². The fourth-order valence-corrected chi connectivity index (χ4v) is 3.50. The van der Waals surface area contributed by atoms with Crippen molar-refractivity contribution in [3.63, 3.8) is 0 Å². The number of halogens is 1. The molecule has 0 unspecified atom stereocenters. The Balaban J connectivity index is 1.85. The summed E-state index contributed by atoms with van der Waals surface area (Å²) >= 11 is 12.6. The molecule has 0 radical (unpaired) electrons. The van der Waals surface area contributed by atoms with Crippen LogP contribution in [0.4, 0.5) is 5.69 Å². The van der Waals surface area contributed by atoms with Crippen LogP contribution in [-0.2, 0) is 4.79 Å². The number of hydrogen-bond acceptors (Lipinski definition) is 3. The largest absolute Gasteiger partial charge is 0.358 e. The summed E-state index contributed by atoms with van der Waals surface area (Å²) in [4.78, 5) is 14.3. The van der Waals surface area contributed by atoms with E-state index < -0.39 is 0 Å². The number of carbonyl (C=O) groups is 1. The third kappa shape index (κ3) is 4.36. The van der Waals surface area contributed by atoms with Crippen molar-refractivity contribution in [3.05, 3.63) is 29.3 Å². The van der Waals surface area contributed by atoms with Gasteiger partial charge in [0, 0.05) is 23.8 Å². The molecule has 0 aliphatic carbocycles. The molecule has 1 N–H and O–H groups in total. The second-order valence-corrected chi connectivity index (χ2v) is 7.13. The molecule has 20 heavy (non-hydrogen) atoms. The molecular weight excluding hydrogens is 312 g/mol. The van der Waals surface area contributed by atoms with E-state index in [-0.39, 0.29) is 11.2 Å². The number of thiocarbonyl (C=S) groups is 1. The number of benzene rings is 1. The lowest BCUT2D eigenvalue weighted by Gasteiger charge is -2.20. The second kappa shape index (κ2) is 7.29. The first-order chi connectivity index (χ1) is 9.56. The van der Waals surface area contributed by atoms with E-state index in [0.717, 1.165) is 23.1 Å². The molecule has 0 aromatic heterocycles. The normalized spacial score (nSPS) is 16.0. The van der Waals surface area contributed by atoms with E-state index in [2.05, 4.69) is 10.2 Å². The highest BCUT2D eigenvalue weighted by Gasteiger charge is 2.21. The summed E-state index contributed by atoms with van der Waals surface area (Å²) in [7, 11) is 0. The van der Waals surface area contributed by atoms with E-state index in [1.54, 1.807) is 24.3 Å². The summed E-state index contributed by atoms with van der Waals surface area (Å²) in [5.41, 5.74) is 0.749. The van der Waals surface area contributed by atoms with Gasteiger partial charge in [-0.25, -0.2) is 0 Å². The van der Waals surface area contributed by atoms with Crippen LogP contribution in [-0.4, -0.2) is 33.5 Å². The zero-order chi connectivity index (χ0) is 14.5. The Kier molecular flexibility index (Phi) is 5.69. The summed E-state index contributed by atoms with van der Waals surface area (Å²) in [5, 5.41) is 3.31. The van der Waals surface area contributed by atoms with Gasteiger partial charge in [-0.1, -0.05) is 35.6 Å². The van der Waals surface area contributed by atoms with Crippen LogP contribution in [0.15, 0.2) is 24.3 Å². The maximum Gasteiger partial charge on any atom is 0.237 e.